The van der Waals surface area contributed by atoms with Gasteiger partial charge in [0.05, 0.1) is 6.92 Å². The number of hydrogen-bond acceptors (Lipinski definition) is 6. The second-order valence-electron chi connectivity index (χ2n) is 4.06. The third kappa shape index (κ3) is 3.24. The lowest BCUT2D eigenvalue weighted by molar-refractivity contribution is -0.793. The van der Waals surface area contributed by atoms with Crippen LogP contribution in [-0.2, 0) is 4.74 Å². The smallest absolute Gasteiger partial charge is 0.446 e. The van der Waals surface area contributed by atoms with E-state index in [4.69, 9.17) is 0 Å². The molecular formula is C10H7F3N2O6. The molecule has 0 aliphatic heterocycles. The molecule has 1 aromatic carbocycles. The molecule has 0 saturated heterocycles. The molecule has 0 spiro atoms. The average molecular weight is 308 g/mol. The van der Waals surface area contributed by atoms with Crippen molar-refractivity contribution in [3.8, 4) is 0 Å². The number of ether oxygens (including phenoxy) is 1. The Morgan fingerprint density at radius 2 is 1.76 bits per heavy atom. The Kier molecular flexibility index (Phi) is 4.45. The fourth-order valence-electron chi connectivity index (χ4n) is 1.16. The molecule has 8 nitrogen and oxygen atoms in total. The molecule has 0 atom stereocenters. The van der Waals surface area contributed by atoms with Crippen LogP contribution >= 0.6 is 0 Å². The van der Waals surface area contributed by atoms with E-state index < -0.39 is 51.1 Å². The van der Waals surface area contributed by atoms with Crippen LogP contribution in [0.4, 0.5) is 13.2 Å². The first-order valence-corrected chi connectivity index (χ1v) is 5.20. The summed E-state index contributed by atoms with van der Waals surface area (Å²) in [7, 11) is 0. The second kappa shape index (κ2) is 5.73. The van der Waals surface area contributed by atoms with Gasteiger partial charge < -0.3 is 4.74 Å². The number of nitro groups is 2. The maximum atomic E-state index is 13.3. The Balaban J connectivity index is 2.98. The molecule has 0 aliphatic carbocycles. The Hall–Kier alpha value is -2.72. The zero-order valence-electron chi connectivity index (χ0n) is 10.3. The summed E-state index contributed by atoms with van der Waals surface area (Å²) in [5, 5.41) is 21.1. The van der Waals surface area contributed by atoms with E-state index in [1.165, 1.54) is 0 Å². The summed E-state index contributed by atoms with van der Waals surface area (Å²) < 4.78 is 43.2. The first-order valence-electron chi connectivity index (χ1n) is 5.20. The lowest BCUT2D eigenvalue weighted by Crippen LogP contribution is -2.47. The van der Waals surface area contributed by atoms with Crippen LogP contribution < -0.4 is 0 Å². The van der Waals surface area contributed by atoms with Gasteiger partial charge in [-0.3, -0.25) is 20.2 Å². The van der Waals surface area contributed by atoms with E-state index in [9.17, 15) is 38.2 Å². The summed E-state index contributed by atoms with van der Waals surface area (Å²) in [4.78, 5) is 29.9. The maximum Gasteiger partial charge on any atom is 0.488 e. The molecule has 1 rings (SSSR count). The van der Waals surface area contributed by atoms with E-state index in [1.807, 2.05) is 0 Å². The van der Waals surface area contributed by atoms with Crippen molar-refractivity contribution >= 4 is 5.97 Å². The van der Waals surface area contributed by atoms with Gasteiger partial charge in [-0.2, -0.15) is 0 Å². The van der Waals surface area contributed by atoms with Gasteiger partial charge >= 0.3 is 11.6 Å². The number of halogens is 3. The summed E-state index contributed by atoms with van der Waals surface area (Å²) in [5.74, 6) is -6.36. The van der Waals surface area contributed by atoms with Crippen LogP contribution in [0.25, 0.3) is 0 Å². The zero-order valence-corrected chi connectivity index (χ0v) is 10.3. The SMILES string of the molecule is CC(COC(=O)c1cc(F)cc(F)c1F)([N+](=O)[O-])[N+](=O)[O-]. The van der Waals surface area contributed by atoms with Crippen molar-refractivity contribution in [2.75, 3.05) is 6.61 Å². The highest BCUT2D eigenvalue weighted by molar-refractivity contribution is 5.89. The molecular weight excluding hydrogens is 301 g/mol. The number of hydrogen-bond donors (Lipinski definition) is 0. The normalized spacial score (nSPS) is 11.0. The molecule has 0 fully saturated rings. The molecule has 0 aliphatic rings. The molecule has 0 saturated carbocycles. The number of nitrogens with zero attached hydrogens (tertiary/aromatic N) is 2. The summed E-state index contributed by atoms with van der Waals surface area (Å²) in [5.41, 5.74) is -4.03. The quantitative estimate of drug-likeness (QED) is 0.268. The van der Waals surface area contributed by atoms with Crippen molar-refractivity contribution in [1.82, 2.24) is 0 Å². The Labute approximate surface area is 114 Å². The number of carbonyl (C=O) groups is 1. The third-order valence-corrected chi connectivity index (χ3v) is 2.48. The molecule has 0 bridgehead atoms. The Morgan fingerprint density at radius 1 is 1.24 bits per heavy atom. The highest BCUT2D eigenvalue weighted by Crippen LogP contribution is 2.17. The van der Waals surface area contributed by atoms with Crippen molar-refractivity contribution < 1.29 is 32.5 Å². The van der Waals surface area contributed by atoms with Gasteiger partial charge in [0.1, 0.15) is 21.2 Å². The van der Waals surface area contributed by atoms with Gasteiger partial charge in [-0.25, -0.2) is 18.0 Å². The number of benzene rings is 1. The topological polar surface area (TPSA) is 113 Å². The first kappa shape index (κ1) is 16.3. The highest BCUT2D eigenvalue weighted by atomic mass is 19.2. The fraction of sp³-hybridized carbons (Fsp3) is 0.300. The summed E-state index contributed by atoms with van der Waals surface area (Å²) in [6.45, 7) is -0.786. The molecule has 0 heterocycles. The summed E-state index contributed by atoms with van der Waals surface area (Å²) >= 11 is 0. The van der Waals surface area contributed by atoms with Crippen molar-refractivity contribution in [3.05, 3.63) is 55.4 Å². The van der Waals surface area contributed by atoms with Crippen LogP contribution in [0.3, 0.4) is 0 Å². The maximum absolute atomic E-state index is 13.3. The molecule has 21 heavy (non-hydrogen) atoms. The predicted octanol–water partition coefficient (Wildman–Crippen LogP) is 1.53. The van der Waals surface area contributed by atoms with Crippen molar-refractivity contribution in [2.45, 2.75) is 12.6 Å². The van der Waals surface area contributed by atoms with Gasteiger partial charge in [0.15, 0.2) is 11.6 Å². The van der Waals surface area contributed by atoms with Gasteiger partial charge in [-0.1, -0.05) is 0 Å². The molecule has 1 aromatic rings. The van der Waals surface area contributed by atoms with Crippen LogP contribution in [-0.4, -0.2) is 28.1 Å². The third-order valence-electron chi connectivity index (χ3n) is 2.48. The Morgan fingerprint density at radius 3 is 2.24 bits per heavy atom. The molecule has 0 unspecified atom stereocenters. The minimum atomic E-state index is -2.86. The minimum absolute atomic E-state index is 0.171. The van der Waals surface area contributed by atoms with Crippen LogP contribution in [0.15, 0.2) is 12.1 Å². The van der Waals surface area contributed by atoms with Gasteiger partial charge in [0, 0.05) is 6.07 Å². The van der Waals surface area contributed by atoms with Crippen LogP contribution in [0.2, 0.25) is 0 Å². The Bertz CT molecular complexity index is 607. The fourth-order valence-corrected chi connectivity index (χ4v) is 1.16. The van der Waals surface area contributed by atoms with Crippen molar-refractivity contribution in [3.63, 3.8) is 0 Å². The van der Waals surface area contributed by atoms with Crippen molar-refractivity contribution in [2.24, 2.45) is 0 Å². The van der Waals surface area contributed by atoms with Gasteiger partial charge in [-0.05, 0) is 6.07 Å². The summed E-state index contributed by atoms with van der Waals surface area (Å²) in [6.07, 6.45) is 0. The van der Waals surface area contributed by atoms with Crippen LogP contribution in [0, 0.1) is 37.7 Å². The van der Waals surface area contributed by atoms with Gasteiger partial charge in [0.2, 0.25) is 6.61 Å². The standard InChI is InChI=1S/C10H7F3N2O6/c1-10(14(17)18,15(19)20)4-21-9(16)6-2-5(11)3-7(12)8(6)13/h2-3H,4H2,1H3. The van der Waals surface area contributed by atoms with E-state index in [1.54, 1.807) is 0 Å². The van der Waals surface area contributed by atoms with E-state index >= 15 is 0 Å². The van der Waals surface area contributed by atoms with Gasteiger partial charge in [0.25, 0.3) is 0 Å². The monoisotopic (exact) mass is 308 g/mol. The average Bonchev–Trinajstić information content (AvgIpc) is 2.39. The van der Waals surface area contributed by atoms with E-state index in [2.05, 4.69) is 4.74 Å². The lowest BCUT2D eigenvalue weighted by atomic mass is 10.2. The largest absolute Gasteiger partial charge is 0.488 e. The van der Waals surface area contributed by atoms with Crippen LogP contribution in [0.1, 0.15) is 17.3 Å². The first-order chi connectivity index (χ1) is 9.59. The minimum Gasteiger partial charge on any atom is -0.446 e. The molecule has 11 heteroatoms. The second-order valence-corrected chi connectivity index (χ2v) is 4.06. The molecule has 0 aromatic heterocycles. The molecule has 0 N–H and O–H groups in total. The molecule has 0 radical (unpaired) electrons. The zero-order chi connectivity index (χ0) is 16.4. The summed E-state index contributed by atoms with van der Waals surface area (Å²) in [6, 6.07) is 0.473. The lowest BCUT2D eigenvalue weighted by Gasteiger charge is -2.13. The number of esters is 1. The van der Waals surface area contributed by atoms with Crippen LogP contribution in [0.5, 0.6) is 0 Å². The van der Waals surface area contributed by atoms with E-state index in [0.717, 1.165) is 0 Å². The van der Waals surface area contributed by atoms with Crippen molar-refractivity contribution in [1.29, 1.82) is 0 Å². The van der Waals surface area contributed by atoms with Gasteiger partial charge in [-0.15, -0.1) is 0 Å². The number of carbonyl (C=O) groups excluding carboxylic acids is 1. The molecule has 0 amide bonds. The number of rotatable bonds is 5. The molecule has 114 valence electrons. The van der Waals surface area contributed by atoms with E-state index in [-0.39, 0.29) is 6.07 Å². The highest BCUT2D eigenvalue weighted by Gasteiger charge is 2.52. The predicted molar refractivity (Wildman–Crippen MR) is 59.0 cm³/mol. The van der Waals surface area contributed by atoms with E-state index in [0.29, 0.717) is 13.0 Å².